The van der Waals surface area contributed by atoms with Gasteiger partial charge in [0, 0.05) is 17.3 Å². The molecule has 3 rings (SSSR count). The van der Waals surface area contributed by atoms with E-state index in [4.69, 9.17) is 5.73 Å². The van der Waals surface area contributed by atoms with Crippen LogP contribution >= 0.6 is 0 Å². The van der Waals surface area contributed by atoms with Crippen LogP contribution in [-0.4, -0.2) is 20.2 Å². The number of nitrogens with zero attached hydrogens (tertiary/aromatic N) is 4. The fraction of sp³-hybridized carbons (Fsp3) is 0.0667. The normalized spacial score (nSPS) is 11.5. The summed E-state index contributed by atoms with van der Waals surface area (Å²) >= 11 is 0. The van der Waals surface area contributed by atoms with Crippen molar-refractivity contribution in [1.82, 2.24) is 20.2 Å². The number of rotatable bonds is 2. The maximum atomic E-state index is 14.0. The van der Waals surface area contributed by atoms with Gasteiger partial charge in [0.05, 0.1) is 0 Å². The molecule has 0 radical (unpaired) electrons. The number of nitrogens with two attached hydrogens (primary N) is 1. The zero-order valence-electron chi connectivity index (χ0n) is 11.9. The Hall–Kier alpha value is -3.10. The SMILES string of the molecule is Nc1nnc(-c2ccnc(C(F)(F)F)c2)c(-c2ccccc2F)n1. The number of halogens is 4. The molecule has 0 aliphatic carbocycles. The number of aromatic nitrogens is 4. The van der Waals surface area contributed by atoms with Crippen LogP contribution in [0.4, 0.5) is 23.5 Å². The van der Waals surface area contributed by atoms with Crippen molar-refractivity contribution in [1.29, 1.82) is 0 Å². The van der Waals surface area contributed by atoms with Crippen molar-refractivity contribution in [3.63, 3.8) is 0 Å². The van der Waals surface area contributed by atoms with E-state index >= 15 is 0 Å². The Balaban J connectivity index is 2.22. The van der Waals surface area contributed by atoms with Crippen LogP contribution in [0.5, 0.6) is 0 Å². The van der Waals surface area contributed by atoms with Gasteiger partial charge in [0.2, 0.25) is 5.95 Å². The first-order valence-corrected chi connectivity index (χ1v) is 6.65. The minimum atomic E-state index is -4.62. The summed E-state index contributed by atoms with van der Waals surface area (Å²) in [6.45, 7) is 0. The molecule has 0 fully saturated rings. The van der Waals surface area contributed by atoms with Gasteiger partial charge in [0.15, 0.2) is 0 Å². The summed E-state index contributed by atoms with van der Waals surface area (Å²) in [6.07, 6.45) is -3.63. The average molecular weight is 335 g/mol. The highest BCUT2D eigenvalue weighted by molar-refractivity contribution is 5.78. The molecule has 0 saturated carbocycles. The molecule has 0 bridgehead atoms. The van der Waals surface area contributed by atoms with E-state index in [0.29, 0.717) is 0 Å². The molecule has 2 heterocycles. The molecule has 2 N–H and O–H groups in total. The Morgan fingerprint density at radius 2 is 1.71 bits per heavy atom. The molecule has 24 heavy (non-hydrogen) atoms. The Morgan fingerprint density at radius 3 is 2.42 bits per heavy atom. The quantitative estimate of drug-likeness (QED) is 0.727. The molecule has 9 heteroatoms. The lowest BCUT2D eigenvalue weighted by atomic mass is 10.0. The zero-order chi connectivity index (χ0) is 17.3. The summed E-state index contributed by atoms with van der Waals surface area (Å²) in [6, 6.07) is 7.77. The Kier molecular flexibility index (Phi) is 3.84. The highest BCUT2D eigenvalue weighted by Crippen LogP contribution is 2.33. The van der Waals surface area contributed by atoms with Gasteiger partial charge in [0.25, 0.3) is 0 Å². The number of anilines is 1. The molecule has 0 saturated heterocycles. The van der Waals surface area contributed by atoms with Gasteiger partial charge in [-0.2, -0.15) is 13.2 Å². The summed E-state index contributed by atoms with van der Waals surface area (Å²) < 4.78 is 52.6. The summed E-state index contributed by atoms with van der Waals surface area (Å²) in [5.74, 6) is -0.828. The molecule has 3 aromatic rings. The van der Waals surface area contributed by atoms with Crippen LogP contribution < -0.4 is 5.73 Å². The van der Waals surface area contributed by atoms with Gasteiger partial charge in [-0.25, -0.2) is 9.37 Å². The van der Waals surface area contributed by atoms with Gasteiger partial charge >= 0.3 is 6.18 Å². The second-order valence-corrected chi connectivity index (χ2v) is 4.77. The third kappa shape index (κ3) is 3.00. The zero-order valence-corrected chi connectivity index (χ0v) is 11.9. The second-order valence-electron chi connectivity index (χ2n) is 4.77. The number of hydrogen-bond acceptors (Lipinski definition) is 5. The van der Waals surface area contributed by atoms with Gasteiger partial charge in [-0.15, -0.1) is 10.2 Å². The number of pyridine rings is 1. The van der Waals surface area contributed by atoms with Gasteiger partial charge in [0.1, 0.15) is 22.9 Å². The minimum Gasteiger partial charge on any atom is -0.366 e. The number of hydrogen-bond donors (Lipinski definition) is 1. The average Bonchev–Trinajstić information content (AvgIpc) is 2.54. The van der Waals surface area contributed by atoms with Crippen LogP contribution in [0, 0.1) is 5.82 Å². The molecule has 122 valence electrons. The third-order valence-electron chi connectivity index (χ3n) is 3.16. The standard InChI is InChI=1S/C15H9F4N5/c16-10-4-2-1-3-9(10)13-12(23-24-14(20)22-13)8-5-6-21-11(7-8)15(17,18)19/h1-7H,(H2,20,22,24). The molecule has 0 atom stereocenters. The van der Waals surface area contributed by atoms with Crippen LogP contribution in [0.3, 0.4) is 0 Å². The van der Waals surface area contributed by atoms with Crippen LogP contribution in [0.25, 0.3) is 22.5 Å². The molecule has 5 nitrogen and oxygen atoms in total. The van der Waals surface area contributed by atoms with E-state index in [9.17, 15) is 17.6 Å². The van der Waals surface area contributed by atoms with Crippen molar-refractivity contribution in [2.24, 2.45) is 0 Å². The predicted octanol–water partition coefficient (Wildman–Crippen LogP) is 3.34. The molecular weight excluding hydrogens is 326 g/mol. The molecule has 0 amide bonds. The van der Waals surface area contributed by atoms with Crippen LogP contribution in [0.15, 0.2) is 42.6 Å². The maximum Gasteiger partial charge on any atom is 0.433 e. The van der Waals surface area contributed by atoms with Crippen LogP contribution in [0.2, 0.25) is 0 Å². The van der Waals surface area contributed by atoms with E-state index < -0.39 is 17.7 Å². The second kappa shape index (κ2) is 5.84. The van der Waals surface area contributed by atoms with E-state index in [1.165, 1.54) is 24.3 Å². The monoisotopic (exact) mass is 335 g/mol. The molecule has 0 unspecified atom stereocenters. The first-order chi connectivity index (χ1) is 11.4. The summed E-state index contributed by atoms with van der Waals surface area (Å²) in [5, 5.41) is 7.35. The fourth-order valence-electron chi connectivity index (χ4n) is 2.11. The van der Waals surface area contributed by atoms with Crippen molar-refractivity contribution >= 4 is 5.95 Å². The topological polar surface area (TPSA) is 77.6 Å². The molecule has 2 aromatic heterocycles. The molecule has 0 aliphatic rings. The van der Waals surface area contributed by atoms with Crippen molar-refractivity contribution in [2.75, 3.05) is 5.73 Å². The highest BCUT2D eigenvalue weighted by atomic mass is 19.4. The number of benzene rings is 1. The first kappa shape index (κ1) is 15.8. The van der Waals surface area contributed by atoms with Crippen molar-refractivity contribution in [3.05, 3.63) is 54.1 Å². The minimum absolute atomic E-state index is 0.0000699. The molecular formula is C15H9F4N5. The fourth-order valence-corrected chi connectivity index (χ4v) is 2.11. The van der Waals surface area contributed by atoms with Crippen molar-refractivity contribution in [3.8, 4) is 22.5 Å². The van der Waals surface area contributed by atoms with Crippen molar-refractivity contribution in [2.45, 2.75) is 6.18 Å². The Morgan fingerprint density at radius 1 is 0.958 bits per heavy atom. The lowest BCUT2D eigenvalue weighted by Crippen LogP contribution is -2.08. The Labute approximate surface area is 133 Å². The van der Waals surface area contributed by atoms with Crippen LogP contribution in [0.1, 0.15) is 5.69 Å². The molecule has 0 aliphatic heterocycles. The van der Waals surface area contributed by atoms with Gasteiger partial charge in [-0.05, 0) is 24.3 Å². The Bertz CT molecular complexity index is 895. The molecule has 0 spiro atoms. The summed E-state index contributed by atoms with van der Waals surface area (Å²) in [4.78, 5) is 7.22. The van der Waals surface area contributed by atoms with E-state index in [-0.39, 0.29) is 28.5 Å². The van der Waals surface area contributed by atoms with Gasteiger partial charge in [-0.1, -0.05) is 12.1 Å². The van der Waals surface area contributed by atoms with Crippen molar-refractivity contribution < 1.29 is 17.6 Å². The number of alkyl halides is 3. The highest BCUT2D eigenvalue weighted by Gasteiger charge is 2.33. The van der Waals surface area contributed by atoms with E-state index in [1.54, 1.807) is 6.07 Å². The third-order valence-corrected chi connectivity index (χ3v) is 3.16. The van der Waals surface area contributed by atoms with E-state index in [0.717, 1.165) is 12.3 Å². The van der Waals surface area contributed by atoms with E-state index in [1.807, 2.05) is 0 Å². The lowest BCUT2D eigenvalue weighted by molar-refractivity contribution is -0.141. The summed E-state index contributed by atoms with van der Waals surface area (Å²) in [5.41, 5.74) is 4.47. The first-order valence-electron chi connectivity index (χ1n) is 6.65. The summed E-state index contributed by atoms with van der Waals surface area (Å²) in [7, 11) is 0. The predicted molar refractivity (Wildman–Crippen MR) is 77.9 cm³/mol. The lowest BCUT2D eigenvalue weighted by Gasteiger charge is -2.10. The molecule has 1 aromatic carbocycles. The smallest absolute Gasteiger partial charge is 0.366 e. The van der Waals surface area contributed by atoms with Gasteiger partial charge in [-0.3, -0.25) is 4.98 Å². The van der Waals surface area contributed by atoms with Gasteiger partial charge < -0.3 is 5.73 Å². The van der Waals surface area contributed by atoms with E-state index in [2.05, 4.69) is 20.2 Å². The van der Waals surface area contributed by atoms with Crippen LogP contribution in [-0.2, 0) is 6.18 Å². The number of nitrogen functional groups attached to an aromatic ring is 1. The largest absolute Gasteiger partial charge is 0.433 e. The maximum absolute atomic E-state index is 14.0.